The van der Waals surface area contributed by atoms with Crippen molar-refractivity contribution in [1.29, 1.82) is 0 Å². The highest BCUT2D eigenvalue weighted by molar-refractivity contribution is 6.10. The molecule has 0 N–H and O–H groups in total. The lowest BCUT2D eigenvalue weighted by Gasteiger charge is -2.22. The van der Waals surface area contributed by atoms with Crippen LogP contribution in [0.5, 0.6) is 0 Å². The summed E-state index contributed by atoms with van der Waals surface area (Å²) in [7, 11) is 0. The van der Waals surface area contributed by atoms with Gasteiger partial charge in [0.05, 0.1) is 11.2 Å². The molecule has 4 nitrogen and oxygen atoms in total. The van der Waals surface area contributed by atoms with Gasteiger partial charge in [-0.2, -0.15) is 0 Å². The van der Waals surface area contributed by atoms with E-state index in [4.69, 9.17) is 19.9 Å². The van der Waals surface area contributed by atoms with Gasteiger partial charge in [0.15, 0.2) is 17.5 Å². The lowest BCUT2D eigenvalue weighted by atomic mass is 9.81. The number of pyridine rings is 1. The Labute approximate surface area is 343 Å². The standard InChI is InChI=1S/C55H38N4/c1-55(2)48-23-13-11-20-44(48)45-30-29-39(34-49(45)55)41-31-40(35-25-27-36(28-26-35)51-47-22-10-9-19-43(47)46-21-12-14-24-50(46)56-51)32-42(33-41)54-58-52(37-15-5-3-6-16-37)57-53(59-54)38-17-7-4-8-18-38/h3-34H,1-2H3. The van der Waals surface area contributed by atoms with E-state index in [1.807, 2.05) is 36.4 Å². The maximum Gasteiger partial charge on any atom is 0.164 e. The minimum Gasteiger partial charge on any atom is -0.247 e. The molecule has 0 unspecified atom stereocenters. The molecule has 11 rings (SSSR count). The van der Waals surface area contributed by atoms with Crippen molar-refractivity contribution in [2.75, 3.05) is 0 Å². The molecular weight excluding hydrogens is 717 g/mol. The number of rotatable bonds is 6. The number of nitrogens with zero attached hydrogens (tertiary/aromatic N) is 4. The van der Waals surface area contributed by atoms with Crippen LogP contribution in [0.2, 0.25) is 0 Å². The lowest BCUT2D eigenvalue weighted by molar-refractivity contribution is 0.660. The maximum absolute atomic E-state index is 5.18. The lowest BCUT2D eigenvalue weighted by Crippen LogP contribution is -2.14. The number of aromatic nitrogens is 4. The smallest absolute Gasteiger partial charge is 0.164 e. The summed E-state index contributed by atoms with van der Waals surface area (Å²) < 4.78 is 0. The van der Waals surface area contributed by atoms with Crippen molar-refractivity contribution >= 4 is 21.7 Å². The quantitative estimate of drug-likeness (QED) is 0.159. The normalized spacial score (nSPS) is 12.7. The van der Waals surface area contributed by atoms with Gasteiger partial charge in [-0.25, -0.2) is 19.9 Å². The fraction of sp³-hybridized carbons (Fsp3) is 0.0545. The van der Waals surface area contributed by atoms with E-state index in [9.17, 15) is 0 Å². The Hall–Kier alpha value is -7.56. The summed E-state index contributed by atoms with van der Waals surface area (Å²) in [6, 6.07) is 68.6. The minimum absolute atomic E-state index is 0.122. The monoisotopic (exact) mass is 754 g/mol. The summed E-state index contributed by atoms with van der Waals surface area (Å²) >= 11 is 0. The molecule has 8 aromatic carbocycles. The highest BCUT2D eigenvalue weighted by Gasteiger charge is 2.35. The first kappa shape index (κ1) is 34.7. The molecule has 2 heterocycles. The number of fused-ring (bicyclic) bond motifs is 6. The van der Waals surface area contributed by atoms with Crippen molar-refractivity contribution in [1.82, 2.24) is 19.9 Å². The van der Waals surface area contributed by atoms with E-state index in [2.05, 4.69) is 172 Å². The first-order chi connectivity index (χ1) is 29.0. The highest BCUT2D eigenvalue weighted by atomic mass is 15.0. The number of benzene rings is 8. The van der Waals surface area contributed by atoms with E-state index < -0.39 is 0 Å². The van der Waals surface area contributed by atoms with Crippen molar-refractivity contribution in [3.8, 4) is 78.8 Å². The van der Waals surface area contributed by atoms with Crippen LogP contribution < -0.4 is 0 Å². The molecule has 1 aliphatic carbocycles. The fourth-order valence-electron chi connectivity index (χ4n) is 8.86. The van der Waals surface area contributed by atoms with Gasteiger partial charge >= 0.3 is 0 Å². The number of hydrogen-bond acceptors (Lipinski definition) is 4. The van der Waals surface area contributed by atoms with Crippen LogP contribution in [0.1, 0.15) is 25.0 Å². The molecule has 0 atom stereocenters. The van der Waals surface area contributed by atoms with Crippen LogP contribution >= 0.6 is 0 Å². The van der Waals surface area contributed by atoms with Gasteiger partial charge < -0.3 is 0 Å². The highest BCUT2D eigenvalue weighted by Crippen LogP contribution is 2.50. The number of para-hydroxylation sites is 1. The zero-order valence-corrected chi connectivity index (χ0v) is 32.8. The van der Waals surface area contributed by atoms with Gasteiger partial charge in [-0.15, -0.1) is 0 Å². The molecule has 278 valence electrons. The van der Waals surface area contributed by atoms with Gasteiger partial charge in [0.1, 0.15) is 0 Å². The SMILES string of the molecule is CC1(C)c2ccccc2-c2ccc(-c3cc(-c4ccc(-c5nc6ccccc6c6ccccc56)cc4)cc(-c4nc(-c5ccccc5)nc(-c5ccccc5)n4)c3)cc21. The summed E-state index contributed by atoms with van der Waals surface area (Å²) in [5.74, 6) is 1.90. The van der Waals surface area contributed by atoms with Gasteiger partial charge in [-0.05, 0) is 80.2 Å². The van der Waals surface area contributed by atoms with Crippen LogP contribution in [0.4, 0.5) is 0 Å². The maximum atomic E-state index is 5.18. The van der Waals surface area contributed by atoms with Crippen LogP contribution in [0.3, 0.4) is 0 Å². The molecule has 0 aliphatic heterocycles. The third-order valence-corrected chi connectivity index (χ3v) is 11.9. The Morgan fingerprint density at radius 1 is 0.305 bits per heavy atom. The molecule has 4 heteroatoms. The van der Waals surface area contributed by atoms with E-state index in [0.717, 1.165) is 66.5 Å². The molecular formula is C55H38N4. The summed E-state index contributed by atoms with van der Waals surface area (Å²) in [6.07, 6.45) is 0. The van der Waals surface area contributed by atoms with Crippen LogP contribution in [0, 0.1) is 0 Å². The van der Waals surface area contributed by atoms with E-state index >= 15 is 0 Å². The molecule has 0 saturated heterocycles. The van der Waals surface area contributed by atoms with E-state index in [-0.39, 0.29) is 5.41 Å². The molecule has 0 fully saturated rings. The van der Waals surface area contributed by atoms with Gasteiger partial charge in [-0.3, -0.25) is 0 Å². The minimum atomic E-state index is -0.122. The fourth-order valence-corrected chi connectivity index (χ4v) is 8.86. The predicted molar refractivity (Wildman–Crippen MR) is 243 cm³/mol. The molecule has 1 aliphatic rings. The van der Waals surface area contributed by atoms with Crippen LogP contribution in [0.15, 0.2) is 194 Å². The Bertz CT molecular complexity index is 3170. The molecule has 2 aromatic heterocycles. The Morgan fingerprint density at radius 3 is 1.49 bits per heavy atom. The predicted octanol–water partition coefficient (Wildman–Crippen LogP) is 13.9. The second-order valence-corrected chi connectivity index (χ2v) is 15.9. The van der Waals surface area contributed by atoms with Crippen molar-refractivity contribution in [2.24, 2.45) is 0 Å². The van der Waals surface area contributed by atoms with Gasteiger partial charge in [0.25, 0.3) is 0 Å². The number of hydrogen-bond donors (Lipinski definition) is 0. The zero-order valence-electron chi connectivity index (χ0n) is 32.8. The third kappa shape index (κ3) is 6.00. The Morgan fingerprint density at radius 2 is 0.797 bits per heavy atom. The second kappa shape index (κ2) is 13.8. The summed E-state index contributed by atoms with van der Waals surface area (Å²) in [6.45, 7) is 4.67. The first-order valence-electron chi connectivity index (χ1n) is 20.1. The van der Waals surface area contributed by atoms with Crippen molar-refractivity contribution in [3.63, 3.8) is 0 Å². The Kier molecular flexibility index (Phi) is 8.12. The largest absolute Gasteiger partial charge is 0.247 e. The molecule has 0 saturated carbocycles. The molecule has 0 bridgehead atoms. The second-order valence-electron chi connectivity index (χ2n) is 15.9. The van der Waals surface area contributed by atoms with Gasteiger partial charge in [0, 0.05) is 38.4 Å². The van der Waals surface area contributed by atoms with Gasteiger partial charge in [0.2, 0.25) is 0 Å². The Balaban J connectivity index is 1.09. The summed E-state index contributed by atoms with van der Waals surface area (Å²) in [5.41, 5.74) is 15.5. The average molecular weight is 755 g/mol. The zero-order chi connectivity index (χ0) is 39.5. The first-order valence-corrected chi connectivity index (χ1v) is 20.1. The van der Waals surface area contributed by atoms with Crippen LogP contribution in [-0.2, 0) is 5.41 Å². The summed E-state index contributed by atoms with van der Waals surface area (Å²) in [5, 5.41) is 3.51. The topological polar surface area (TPSA) is 51.6 Å². The van der Waals surface area contributed by atoms with E-state index in [1.165, 1.54) is 27.6 Å². The molecule has 59 heavy (non-hydrogen) atoms. The van der Waals surface area contributed by atoms with Crippen LogP contribution in [-0.4, -0.2) is 19.9 Å². The van der Waals surface area contributed by atoms with Crippen LogP contribution in [0.25, 0.3) is 100 Å². The molecule has 0 radical (unpaired) electrons. The molecule has 0 spiro atoms. The van der Waals surface area contributed by atoms with E-state index in [0.29, 0.717) is 17.5 Å². The van der Waals surface area contributed by atoms with Crippen molar-refractivity contribution in [3.05, 3.63) is 205 Å². The molecule has 10 aromatic rings. The van der Waals surface area contributed by atoms with Crippen molar-refractivity contribution < 1.29 is 0 Å². The summed E-state index contributed by atoms with van der Waals surface area (Å²) in [4.78, 5) is 20.5. The third-order valence-electron chi connectivity index (χ3n) is 11.9. The average Bonchev–Trinajstić information content (AvgIpc) is 3.54. The van der Waals surface area contributed by atoms with Gasteiger partial charge in [-0.1, -0.05) is 178 Å². The molecule has 0 amide bonds. The van der Waals surface area contributed by atoms with E-state index in [1.54, 1.807) is 0 Å². The van der Waals surface area contributed by atoms with Crippen molar-refractivity contribution in [2.45, 2.75) is 19.3 Å².